The van der Waals surface area contributed by atoms with E-state index in [1.54, 1.807) is 48.5 Å². The van der Waals surface area contributed by atoms with Crippen molar-refractivity contribution in [2.45, 2.75) is 51.4 Å². The van der Waals surface area contributed by atoms with E-state index in [2.05, 4.69) is 105 Å². The molecule has 0 spiro atoms. The van der Waals surface area contributed by atoms with Crippen LogP contribution in [0.4, 0.5) is 0 Å². The first-order valence-corrected chi connectivity index (χ1v) is 17.1. The molecule has 4 aliphatic rings. The van der Waals surface area contributed by atoms with E-state index >= 15 is 0 Å². The molecule has 0 aliphatic heterocycles. The Labute approximate surface area is 313 Å². The molecule has 0 nitrogen and oxygen atoms in total. The minimum absolute atomic E-state index is 0. The van der Waals surface area contributed by atoms with Gasteiger partial charge in [0.25, 0.3) is 0 Å². The fraction of sp³-hybridized carbons (Fsp3) is 0.195. The van der Waals surface area contributed by atoms with Gasteiger partial charge < -0.3 is 0 Å². The molecule has 4 aromatic rings. The molecule has 0 saturated carbocycles. The van der Waals surface area contributed by atoms with Crippen molar-refractivity contribution >= 4 is 64.4 Å². The van der Waals surface area contributed by atoms with E-state index in [1.165, 1.54) is 68.7 Å². The second-order valence-electron chi connectivity index (χ2n) is 11.8. The molecule has 0 fully saturated rings. The van der Waals surface area contributed by atoms with Crippen LogP contribution in [0, 0.1) is 24.3 Å². The Balaban J connectivity index is 0.000000263. The summed E-state index contributed by atoms with van der Waals surface area (Å²) in [6.07, 6.45) is 21.4. The average molecular weight is 764 g/mol. The maximum absolute atomic E-state index is 5.52. The zero-order valence-electron chi connectivity index (χ0n) is 26.6. The quantitative estimate of drug-likeness (QED) is 0.138. The number of allylic oxidation sites excluding steroid dienone is 6. The molecule has 0 amide bonds. The second kappa shape index (κ2) is 18.3. The van der Waals surface area contributed by atoms with Crippen molar-refractivity contribution in [2.75, 3.05) is 0 Å². The van der Waals surface area contributed by atoms with Crippen LogP contribution in [0.15, 0.2) is 97.1 Å². The number of benzene rings is 4. The van der Waals surface area contributed by atoms with Crippen LogP contribution in [0.2, 0.25) is 10.0 Å². The van der Waals surface area contributed by atoms with Crippen LogP contribution in [0.5, 0.6) is 0 Å². The Hall–Kier alpha value is -2.25. The van der Waals surface area contributed by atoms with Crippen LogP contribution in [0.25, 0.3) is 23.3 Å². The molecule has 0 N–H and O–H groups in total. The summed E-state index contributed by atoms with van der Waals surface area (Å²) < 4.78 is 3.34. The summed E-state index contributed by atoms with van der Waals surface area (Å²) in [6.45, 7) is 9.13. The summed E-state index contributed by atoms with van der Waals surface area (Å²) in [7, 11) is 0. The molecule has 4 aliphatic carbocycles. The van der Waals surface area contributed by atoms with Gasteiger partial charge >= 0.3 is 28.4 Å². The molecular formula is C41H38Cl4Zr-4. The monoisotopic (exact) mass is 760 g/mol. The molecule has 4 aromatic carbocycles. The number of hydrogen-bond acceptors (Lipinski definition) is 0. The molecule has 8 rings (SSSR count). The third-order valence-corrected chi connectivity index (χ3v) is 8.30. The predicted molar refractivity (Wildman–Crippen MR) is 201 cm³/mol. The third kappa shape index (κ3) is 10.1. The van der Waals surface area contributed by atoms with Gasteiger partial charge in [0.15, 0.2) is 0 Å². The average Bonchev–Trinajstić information content (AvgIpc) is 3.82. The molecule has 0 aromatic heterocycles. The molecule has 0 unspecified atom stereocenters. The molecule has 46 heavy (non-hydrogen) atoms. The van der Waals surface area contributed by atoms with Crippen LogP contribution in [-0.2, 0) is 41.5 Å². The van der Waals surface area contributed by atoms with Crippen molar-refractivity contribution in [3.8, 4) is 11.1 Å². The SMILES string of the molecule is CC1(C)[C-]=Cc2cc3c(cc21)Cc1cc2c(cc1-3)C=CC2(C)C.Cl.Cl.Clc1cc[c-]cc1.Clc1cc[c-]cc1.[C-]1=CC=CC1.[CH2]=[Zr]. The summed E-state index contributed by atoms with van der Waals surface area (Å²) in [4.78, 5) is 0. The summed E-state index contributed by atoms with van der Waals surface area (Å²) in [6, 6.07) is 29.6. The third-order valence-electron chi connectivity index (χ3n) is 7.80. The number of halogens is 4. The van der Waals surface area contributed by atoms with Crippen molar-refractivity contribution in [2.24, 2.45) is 0 Å². The van der Waals surface area contributed by atoms with Crippen molar-refractivity contribution in [3.63, 3.8) is 0 Å². The predicted octanol–water partition coefficient (Wildman–Crippen LogP) is 12.1. The topological polar surface area (TPSA) is 0 Å². The van der Waals surface area contributed by atoms with Crippen molar-refractivity contribution in [3.05, 3.63) is 165 Å². The molecule has 0 bridgehead atoms. The summed E-state index contributed by atoms with van der Waals surface area (Å²) in [5, 5.41) is 1.53. The molecular weight excluding hydrogens is 725 g/mol. The van der Waals surface area contributed by atoms with Gasteiger partial charge in [-0.25, -0.2) is 18.2 Å². The van der Waals surface area contributed by atoms with E-state index in [4.69, 9.17) is 23.2 Å². The van der Waals surface area contributed by atoms with E-state index in [1.807, 2.05) is 12.2 Å². The first kappa shape index (κ1) is 39.9. The van der Waals surface area contributed by atoms with Gasteiger partial charge in [0.05, 0.1) is 0 Å². The standard InChI is InChI=1S/C23H21.2C6H4Cl.C5H5.CH2.2ClH.Zr/c1-22(2)7-5-14-10-18-16(12-20(14)22)9-17-13-21-15(11-19(17)18)6-8-23(21,3)4;2*7-6-4-2-1-3-5-6;1-2-4-5-3-1;;;;/h5-7,10-13H,9H2,1-4H3;2*2-5H;1-3H,4H2;1H2;2*1H;/q4*-1;;;;. The Kier molecular flexibility index (Phi) is 15.9. The number of rotatable bonds is 0. The van der Waals surface area contributed by atoms with E-state index in [9.17, 15) is 0 Å². The first-order chi connectivity index (χ1) is 21.1. The van der Waals surface area contributed by atoms with Gasteiger partial charge in [-0.2, -0.15) is 72.3 Å². The fourth-order valence-electron chi connectivity index (χ4n) is 5.48. The molecule has 5 heteroatoms. The van der Waals surface area contributed by atoms with Gasteiger partial charge in [-0.3, -0.25) is 12.2 Å². The first-order valence-electron chi connectivity index (χ1n) is 14.6. The van der Waals surface area contributed by atoms with Gasteiger partial charge in [-0.05, 0) is 45.9 Å². The summed E-state index contributed by atoms with van der Waals surface area (Å²) in [5.74, 6) is 0. The maximum atomic E-state index is 5.52. The molecule has 0 heterocycles. The molecule has 238 valence electrons. The van der Waals surface area contributed by atoms with Gasteiger partial charge in [0, 0.05) is 5.41 Å². The second-order valence-corrected chi connectivity index (χ2v) is 12.7. The van der Waals surface area contributed by atoms with Crippen molar-refractivity contribution in [1.82, 2.24) is 0 Å². The molecule has 0 atom stereocenters. The van der Waals surface area contributed by atoms with E-state index in [0.29, 0.717) is 0 Å². The van der Waals surface area contributed by atoms with Crippen LogP contribution < -0.4 is 0 Å². The van der Waals surface area contributed by atoms with Crippen molar-refractivity contribution < 1.29 is 24.2 Å². The Bertz CT molecular complexity index is 1570. The fourth-order valence-corrected chi connectivity index (χ4v) is 5.73. The zero-order chi connectivity index (χ0) is 31.7. The van der Waals surface area contributed by atoms with Crippen molar-refractivity contribution in [1.29, 1.82) is 0 Å². The van der Waals surface area contributed by atoms with Crippen LogP contribution in [0.3, 0.4) is 0 Å². The molecule has 0 saturated heterocycles. The van der Waals surface area contributed by atoms with E-state index < -0.39 is 0 Å². The number of fused-ring (bicyclic) bond motifs is 5. The Morgan fingerprint density at radius 1 is 0.739 bits per heavy atom. The normalized spacial score (nSPS) is 14.8. The van der Waals surface area contributed by atoms with Crippen LogP contribution >= 0.6 is 48.0 Å². The Morgan fingerprint density at radius 2 is 1.26 bits per heavy atom. The van der Waals surface area contributed by atoms with Gasteiger partial charge in [0.2, 0.25) is 0 Å². The van der Waals surface area contributed by atoms with Gasteiger partial charge in [-0.15, -0.1) is 66.1 Å². The Morgan fingerprint density at radius 3 is 1.70 bits per heavy atom. The zero-order valence-corrected chi connectivity index (χ0v) is 32.2. The minimum atomic E-state index is 0. The van der Waals surface area contributed by atoms with E-state index in [0.717, 1.165) is 22.9 Å². The van der Waals surface area contributed by atoms with Gasteiger partial charge in [-0.1, -0.05) is 67.4 Å². The molecule has 0 radical (unpaired) electrons. The van der Waals surface area contributed by atoms with E-state index in [-0.39, 0.29) is 35.6 Å². The van der Waals surface area contributed by atoms with Crippen LogP contribution in [-0.4, -0.2) is 4.21 Å². The number of hydrogen-bond donors (Lipinski definition) is 0. The van der Waals surface area contributed by atoms with Gasteiger partial charge in [0.1, 0.15) is 0 Å². The van der Waals surface area contributed by atoms with Crippen LogP contribution in [0.1, 0.15) is 67.5 Å². The summed E-state index contributed by atoms with van der Waals surface area (Å²) in [5.41, 5.74) is 11.7. The summed E-state index contributed by atoms with van der Waals surface area (Å²) >= 11 is 12.3.